The van der Waals surface area contributed by atoms with Gasteiger partial charge >= 0.3 is 0 Å². The lowest BCUT2D eigenvalue weighted by atomic mass is 10.1. The van der Waals surface area contributed by atoms with Gasteiger partial charge in [-0.3, -0.25) is 9.89 Å². The number of H-pyrrole nitrogens is 1. The smallest absolute Gasteiger partial charge is 0.274 e. The molecule has 3 rings (SSSR count). The van der Waals surface area contributed by atoms with Gasteiger partial charge in [-0.1, -0.05) is 0 Å². The predicted octanol–water partition coefficient (Wildman–Crippen LogP) is 0.950. The number of hydrogen-bond donors (Lipinski definition) is 2. The number of aromatic nitrogens is 2. The second kappa shape index (κ2) is 3.85. The number of nitrogens with zero attached hydrogens (tertiary/aromatic N) is 1. The van der Waals surface area contributed by atoms with Gasteiger partial charge in [-0.25, -0.2) is 9.07 Å². The Morgan fingerprint density at radius 1 is 1.24 bits per heavy atom. The van der Waals surface area contributed by atoms with Gasteiger partial charge in [0, 0.05) is 12.1 Å². The molecule has 88 valence electrons. The van der Waals surface area contributed by atoms with Crippen LogP contribution in [0.25, 0.3) is 5.69 Å². The lowest BCUT2D eigenvalue weighted by molar-refractivity contribution is 0.625. The molecule has 0 bridgehead atoms. The Morgan fingerprint density at radius 2 is 2.00 bits per heavy atom. The highest BCUT2D eigenvalue weighted by atomic mass is 19.1. The topological polar surface area (TPSA) is 49.8 Å². The molecule has 2 N–H and O–H groups in total. The largest absolute Gasteiger partial charge is 0.311 e. The third-order valence-electron chi connectivity index (χ3n) is 3.01. The third-order valence-corrected chi connectivity index (χ3v) is 3.01. The van der Waals surface area contributed by atoms with Gasteiger partial charge in [0.25, 0.3) is 5.56 Å². The molecule has 0 atom stereocenters. The van der Waals surface area contributed by atoms with Crippen LogP contribution in [0.1, 0.15) is 11.3 Å². The van der Waals surface area contributed by atoms with Gasteiger partial charge in [-0.2, -0.15) is 0 Å². The zero-order valence-electron chi connectivity index (χ0n) is 9.16. The Bertz CT molecular complexity index is 597. The Kier molecular flexibility index (Phi) is 2.33. The molecule has 0 spiro atoms. The maximum Gasteiger partial charge on any atom is 0.274 e. The fourth-order valence-electron chi connectivity index (χ4n) is 2.12. The normalized spacial score (nSPS) is 14.6. The summed E-state index contributed by atoms with van der Waals surface area (Å²) in [6, 6.07) is 5.87. The van der Waals surface area contributed by atoms with Crippen LogP contribution in [0.15, 0.2) is 29.1 Å². The number of aromatic amines is 1. The summed E-state index contributed by atoms with van der Waals surface area (Å²) in [5.74, 6) is -0.306. The van der Waals surface area contributed by atoms with Crippen molar-refractivity contribution in [1.82, 2.24) is 15.1 Å². The summed E-state index contributed by atoms with van der Waals surface area (Å²) in [6.45, 7) is 1.50. The van der Waals surface area contributed by atoms with Crippen molar-refractivity contribution in [2.45, 2.75) is 13.0 Å². The number of nitrogens with one attached hydrogen (secondary N) is 2. The molecule has 4 nitrogen and oxygen atoms in total. The van der Waals surface area contributed by atoms with Gasteiger partial charge < -0.3 is 5.32 Å². The molecule has 0 saturated carbocycles. The molecule has 1 aromatic carbocycles. The molecule has 17 heavy (non-hydrogen) atoms. The number of halogens is 1. The van der Waals surface area contributed by atoms with Crippen LogP contribution in [0.5, 0.6) is 0 Å². The number of hydrogen-bond acceptors (Lipinski definition) is 2. The lowest BCUT2D eigenvalue weighted by Crippen LogP contribution is -2.26. The third kappa shape index (κ3) is 1.68. The highest BCUT2D eigenvalue weighted by Crippen LogP contribution is 2.11. The van der Waals surface area contributed by atoms with Crippen molar-refractivity contribution in [2.75, 3.05) is 6.54 Å². The first-order valence-corrected chi connectivity index (χ1v) is 5.55. The van der Waals surface area contributed by atoms with Crippen molar-refractivity contribution in [2.24, 2.45) is 0 Å². The van der Waals surface area contributed by atoms with E-state index in [0.717, 1.165) is 24.2 Å². The Balaban J connectivity index is 2.12. The van der Waals surface area contributed by atoms with Crippen molar-refractivity contribution < 1.29 is 4.39 Å². The van der Waals surface area contributed by atoms with Crippen molar-refractivity contribution in [3.63, 3.8) is 0 Å². The van der Waals surface area contributed by atoms with Gasteiger partial charge in [-0.15, -0.1) is 0 Å². The Hall–Kier alpha value is -1.88. The molecule has 5 heteroatoms. The quantitative estimate of drug-likeness (QED) is 0.770. The van der Waals surface area contributed by atoms with Crippen LogP contribution in [0.4, 0.5) is 4.39 Å². The van der Waals surface area contributed by atoms with E-state index in [1.807, 2.05) is 0 Å². The second-order valence-electron chi connectivity index (χ2n) is 4.11. The van der Waals surface area contributed by atoms with Crippen LogP contribution in [0, 0.1) is 5.82 Å². The summed E-state index contributed by atoms with van der Waals surface area (Å²) in [4.78, 5) is 12.1. The second-order valence-corrected chi connectivity index (χ2v) is 4.11. The molecule has 0 unspecified atom stereocenters. The monoisotopic (exact) mass is 233 g/mol. The van der Waals surface area contributed by atoms with Gasteiger partial charge in [-0.05, 0) is 37.2 Å². The standard InChI is InChI=1S/C12H12FN3O/c13-8-1-3-9(4-2-8)16-12(17)10-5-6-14-7-11(10)15-16/h1-4,14-15H,5-7H2. The minimum Gasteiger partial charge on any atom is -0.311 e. The molecule has 0 radical (unpaired) electrons. The first kappa shape index (κ1) is 10.3. The highest BCUT2D eigenvalue weighted by Gasteiger charge is 2.17. The van der Waals surface area contributed by atoms with Crippen LogP contribution >= 0.6 is 0 Å². The van der Waals surface area contributed by atoms with Crippen LogP contribution in [-0.4, -0.2) is 16.3 Å². The van der Waals surface area contributed by atoms with Gasteiger partial charge in [0.2, 0.25) is 0 Å². The van der Waals surface area contributed by atoms with Gasteiger partial charge in [0.15, 0.2) is 0 Å². The van der Waals surface area contributed by atoms with E-state index in [2.05, 4.69) is 10.4 Å². The zero-order chi connectivity index (χ0) is 11.8. The fraction of sp³-hybridized carbons (Fsp3) is 0.250. The number of fused-ring (bicyclic) bond motifs is 1. The average molecular weight is 233 g/mol. The van der Waals surface area contributed by atoms with Crippen molar-refractivity contribution in [3.05, 3.63) is 51.7 Å². The van der Waals surface area contributed by atoms with E-state index >= 15 is 0 Å². The van der Waals surface area contributed by atoms with E-state index in [0.29, 0.717) is 12.2 Å². The first-order chi connectivity index (χ1) is 8.25. The molecular weight excluding hydrogens is 221 g/mol. The van der Waals surface area contributed by atoms with Crippen LogP contribution in [0.2, 0.25) is 0 Å². The number of benzene rings is 1. The lowest BCUT2D eigenvalue weighted by Gasteiger charge is -2.09. The minimum absolute atomic E-state index is 0.0342. The summed E-state index contributed by atoms with van der Waals surface area (Å²) >= 11 is 0. The molecule has 1 aliphatic heterocycles. The van der Waals surface area contributed by atoms with Gasteiger partial charge in [0.1, 0.15) is 5.82 Å². The molecule has 0 fully saturated rings. The summed E-state index contributed by atoms with van der Waals surface area (Å²) in [7, 11) is 0. The Morgan fingerprint density at radius 3 is 2.71 bits per heavy atom. The molecular formula is C12H12FN3O. The first-order valence-electron chi connectivity index (χ1n) is 5.55. The SMILES string of the molecule is O=c1c2c([nH]n1-c1ccc(F)cc1)CNCC2. The van der Waals surface area contributed by atoms with Crippen LogP contribution < -0.4 is 10.9 Å². The van der Waals surface area contributed by atoms with Crippen LogP contribution in [-0.2, 0) is 13.0 Å². The molecule has 1 aromatic heterocycles. The predicted molar refractivity (Wildman–Crippen MR) is 61.8 cm³/mol. The van der Waals surface area contributed by atoms with Crippen LogP contribution in [0.3, 0.4) is 0 Å². The van der Waals surface area contributed by atoms with Crippen molar-refractivity contribution in [3.8, 4) is 5.69 Å². The summed E-state index contributed by atoms with van der Waals surface area (Å²) in [6.07, 6.45) is 0.735. The zero-order valence-corrected chi connectivity index (χ0v) is 9.16. The van der Waals surface area contributed by atoms with E-state index in [-0.39, 0.29) is 11.4 Å². The maximum atomic E-state index is 12.8. The molecule has 0 amide bonds. The Labute approximate surface area is 97.1 Å². The van der Waals surface area contributed by atoms with E-state index in [1.165, 1.54) is 16.8 Å². The summed E-state index contributed by atoms with van der Waals surface area (Å²) in [5.41, 5.74) is 2.37. The van der Waals surface area contributed by atoms with E-state index < -0.39 is 0 Å². The number of rotatable bonds is 1. The fourth-order valence-corrected chi connectivity index (χ4v) is 2.12. The van der Waals surface area contributed by atoms with Crippen molar-refractivity contribution >= 4 is 0 Å². The maximum absolute atomic E-state index is 12.8. The molecule has 1 aliphatic rings. The van der Waals surface area contributed by atoms with E-state index in [9.17, 15) is 9.18 Å². The molecule has 0 saturated heterocycles. The molecule has 0 aliphatic carbocycles. The molecule has 2 heterocycles. The molecule has 2 aromatic rings. The highest BCUT2D eigenvalue weighted by molar-refractivity contribution is 5.33. The summed E-state index contributed by atoms with van der Waals surface area (Å²) < 4.78 is 14.3. The summed E-state index contributed by atoms with van der Waals surface area (Å²) in [5, 5.41) is 6.26. The van der Waals surface area contributed by atoms with Crippen molar-refractivity contribution in [1.29, 1.82) is 0 Å². The minimum atomic E-state index is -0.306. The van der Waals surface area contributed by atoms with Gasteiger partial charge in [0.05, 0.1) is 11.4 Å². The average Bonchev–Trinajstić information content (AvgIpc) is 2.69. The van der Waals surface area contributed by atoms with E-state index in [4.69, 9.17) is 0 Å². The van der Waals surface area contributed by atoms with E-state index in [1.54, 1.807) is 12.1 Å².